The Labute approximate surface area is 111 Å². The Morgan fingerprint density at radius 2 is 1.75 bits per heavy atom. The molecule has 112 valence electrons. The van der Waals surface area contributed by atoms with Gasteiger partial charge in [-0.3, -0.25) is 0 Å². The second-order valence-electron chi connectivity index (χ2n) is 4.10. The van der Waals surface area contributed by atoms with Gasteiger partial charge in [0.25, 0.3) is 0 Å². The van der Waals surface area contributed by atoms with Crippen molar-refractivity contribution in [3.05, 3.63) is 29.6 Å². The molecule has 0 aliphatic rings. The summed E-state index contributed by atoms with van der Waals surface area (Å²) >= 11 is 0. The fourth-order valence-electron chi connectivity index (χ4n) is 1.17. The van der Waals surface area contributed by atoms with Crippen molar-refractivity contribution < 1.29 is 36.6 Å². The Kier molecular flexibility index (Phi) is 4.42. The zero-order valence-corrected chi connectivity index (χ0v) is 10.8. The lowest BCUT2D eigenvalue weighted by atomic mass is 10.1. The molecular formula is C10H10F3NO5S. The van der Waals surface area contributed by atoms with Crippen LogP contribution in [0.4, 0.5) is 13.2 Å². The minimum absolute atomic E-state index is 0.160. The third kappa shape index (κ3) is 3.46. The molecule has 0 saturated carbocycles. The number of rotatable bonds is 5. The Bertz CT molecular complexity index is 621. The smallest absolute Gasteiger partial charge is 0.336 e. The van der Waals surface area contributed by atoms with Crippen molar-refractivity contribution in [2.75, 3.05) is 6.54 Å². The zero-order valence-electron chi connectivity index (χ0n) is 10.0. The van der Waals surface area contributed by atoms with Crippen molar-refractivity contribution in [3.63, 3.8) is 0 Å². The summed E-state index contributed by atoms with van der Waals surface area (Å²) in [7, 11) is -4.80. The molecule has 1 aromatic carbocycles. The number of aliphatic hydroxyl groups is 1. The van der Waals surface area contributed by atoms with Gasteiger partial charge >= 0.3 is 5.97 Å². The van der Waals surface area contributed by atoms with E-state index in [9.17, 15) is 31.5 Å². The number of benzene rings is 1. The van der Waals surface area contributed by atoms with E-state index in [4.69, 9.17) is 5.11 Å². The molecule has 0 aromatic heterocycles. The van der Waals surface area contributed by atoms with Crippen LogP contribution in [0.5, 0.6) is 0 Å². The van der Waals surface area contributed by atoms with Gasteiger partial charge in [-0.05, 0) is 6.92 Å². The van der Waals surface area contributed by atoms with E-state index in [1.54, 1.807) is 0 Å². The lowest BCUT2D eigenvalue weighted by molar-refractivity contribution is -0.155. The normalized spacial score (nSPS) is 14.8. The zero-order chi connectivity index (χ0) is 15.7. The lowest BCUT2D eigenvalue weighted by Crippen LogP contribution is -2.46. The molecule has 1 aromatic rings. The molecule has 0 amide bonds. The van der Waals surface area contributed by atoms with E-state index in [1.807, 2.05) is 0 Å². The van der Waals surface area contributed by atoms with Crippen LogP contribution in [0.2, 0.25) is 0 Å². The van der Waals surface area contributed by atoms with Gasteiger partial charge in [-0.1, -0.05) is 0 Å². The quantitative estimate of drug-likeness (QED) is 0.721. The number of carbonyl (C=O) groups is 1. The first-order valence-electron chi connectivity index (χ1n) is 5.07. The van der Waals surface area contributed by atoms with Crippen molar-refractivity contribution in [1.82, 2.24) is 4.72 Å². The van der Waals surface area contributed by atoms with Crippen molar-refractivity contribution >= 4 is 16.0 Å². The van der Waals surface area contributed by atoms with Gasteiger partial charge in [0, 0.05) is 12.1 Å². The van der Waals surface area contributed by atoms with Crippen LogP contribution in [0.3, 0.4) is 0 Å². The summed E-state index contributed by atoms with van der Waals surface area (Å²) in [6.45, 7) is -0.240. The van der Waals surface area contributed by atoms with E-state index >= 15 is 0 Å². The van der Waals surface area contributed by atoms with E-state index in [1.165, 1.54) is 4.72 Å². The van der Waals surface area contributed by atoms with E-state index < -0.39 is 50.5 Å². The number of nitrogens with one attached hydrogen (secondary N) is 1. The fourth-order valence-corrected chi connectivity index (χ4v) is 2.42. The Hall–Kier alpha value is -1.65. The van der Waals surface area contributed by atoms with E-state index in [-0.39, 0.29) is 12.1 Å². The highest BCUT2D eigenvalue weighted by molar-refractivity contribution is 7.89. The van der Waals surface area contributed by atoms with Crippen molar-refractivity contribution in [3.8, 4) is 0 Å². The molecule has 20 heavy (non-hydrogen) atoms. The molecule has 0 aliphatic carbocycles. The number of aliphatic carboxylic acids is 1. The number of hydrogen-bond donors (Lipinski definition) is 3. The molecule has 6 nitrogen and oxygen atoms in total. The Morgan fingerprint density at radius 3 is 2.15 bits per heavy atom. The van der Waals surface area contributed by atoms with Gasteiger partial charge in [0.1, 0.15) is 17.5 Å². The third-order valence-electron chi connectivity index (χ3n) is 2.30. The first-order chi connectivity index (χ1) is 8.97. The molecule has 0 radical (unpaired) electrons. The van der Waals surface area contributed by atoms with Crippen molar-refractivity contribution in [2.24, 2.45) is 0 Å². The summed E-state index contributed by atoms with van der Waals surface area (Å²) in [5.41, 5.74) is -2.47. The maximum absolute atomic E-state index is 13.3. The lowest BCUT2D eigenvalue weighted by Gasteiger charge is -2.18. The summed E-state index contributed by atoms with van der Waals surface area (Å²) < 4.78 is 64.1. The highest BCUT2D eigenvalue weighted by Crippen LogP contribution is 2.20. The monoisotopic (exact) mass is 313 g/mol. The molecule has 3 N–H and O–H groups in total. The van der Waals surface area contributed by atoms with Crippen LogP contribution < -0.4 is 4.72 Å². The number of hydrogen-bond acceptors (Lipinski definition) is 4. The van der Waals surface area contributed by atoms with Gasteiger partial charge in [0.2, 0.25) is 10.0 Å². The van der Waals surface area contributed by atoms with Gasteiger partial charge in [-0.25, -0.2) is 31.1 Å². The largest absolute Gasteiger partial charge is 0.479 e. The molecule has 0 spiro atoms. The second-order valence-corrected chi connectivity index (χ2v) is 5.81. The third-order valence-corrected chi connectivity index (χ3v) is 3.75. The molecule has 0 saturated heterocycles. The molecular weight excluding hydrogens is 303 g/mol. The average Bonchev–Trinajstić information content (AvgIpc) is 2.24. The number of carboxylic acids is 1. The minimum atomic E-state index is -4.80. The van der Waals surface area contributed by atoms with Crippen LogP contribution in [0.25, 0.3) is 0 Å². The number of sulfonamides is 1. The van der Waals surface area contributed by atoms with Gasteiger partial charge in [-0.2, -0.15) is 0 Å². The molecule has 1 atom stereocenters. The van der Waals surface area contributed by atoms with Crippen molar-refractivity contribution in [1.29, 1.82) is 0 Å². The van der Waals surface area contributed by atoms with Gasteiger partial charge in [0.05, 0.1) is 6.54 Å². The van der Waals surface area contributed by atoms with E-state index in [2.05, 4.69) is 0 Å². The highest BCUT2D eigenvalue weighted by atomic mass is 32.2. The molecule has 10 heteroatoms. The summed E-state index contributed by atoms with van der Waals surface area (Å²) in [5, 5.41) is 17.9. The van der Waals surface area contributed by atoms with Crippen LogP contribution in [0.1, 0.15) is 6.92 Å². The molecule has 0 fully saturated rings. The number of carboxylic acid groups (broad SMARTS) is 1. The predicted octanol–water partition coefficient (Wildman–Crippen LogP) is 0.218. The van der Waals surface area contributed by atoms with Gasteiger partial charge in [-0.15, -0.1) is 0 Å². The topological polar surface area (TPSA) is 104 Å². The SMILES string of the molecule is CC(O)(CNS(=O)(=O)c1c(F)cc(F)cc1F)C(=O)O. The Morgan fingerprint density at radius 1 is 1.30 bits per heavy atom. The molecule has 0 bridgehead atoms. The summed E-state index contributed by atoms with van der Waals surface area (Å²) in [6, 6.07) is 0.319. The van der Waals surface area contributed by atoms with Crippen LogP contribution in [0.15, 0.2) is 17.0 Å². The molecule has 1 unspecified atom stereocenters. The molecule has 0 aliphatic heterocycles. The average molecular weight is 313 g/mol. The van der Waals surface area contributed by atoms with Crippen LogP contribution >= 0.6 is 0 Å². The van der Waals surface area contributed by atoms with E-state index in [0.717, 1.165) is 6.92 Å². The maximum atomic E-state index is 13.3. The van der Waals surface area contributed by atoms with Crippen LogP contribution in [-0.2, 0) is 14.8 Å². The second kappa shape index (κ2) is 5.38. The van der Waals surface area contributed by atoms with E-state index in [0.29, 0.717) is 0 Å². The highest BCUT2D eigenvalue weighted by Gasteiger charge is 2.33. The predicted molar refractivity (Wildman–Crippen MR) is 59.8 cm³/mol. The fraction of sp³-hybridized carbons (Fsp3) is 0.300. The first-order valence-corrected chi connectivity index (χ1v) is 6.55. The Balaban J connectivity index is 3.11. The minimum Gasteiger partial charge on any atom is -0.479 e. The van der Waals surface area contributed by atoms with Gasteiger partial charge in [0.15, 0.2) is 10.5 Å². The van der Waals surface area contributed by atoms with Gasteiger partial charge < -0.3 is 10.2 Å². The summed E-state index contributed by atoms with van der Waals surface area (Å²) in [4.78, 5) is 9.11. The van der Waals surface area contributed by atoms with Crippen molar-refractivity contribution in [2.45, 2.75) is 17.4 Å². The maximum Gasteiger partial charge on any atom is 0.336 e. The first kappa shape index (κ1) is 16.4. The summed E-state index contributed by atoms with van der Waals surface area (Å²) in [6.07, 6.45) is 0. The van der Waals surface area contributed by atoms with Crippen LogP contribution in [-0.4, -0.2) is 36.7 Å². The molecule has 1 rings (SSSR count). The standard InChI is InChI=1S/C10H10F3NO5S/c1-10(17,9(15)16)4-14-20(18,19)8-6(12)2-5(11)3-7(8)13/h2-3,14,17H,4H2,1H3,(H,15,16). The van der Waals surface area contributed by atoms with Crippen LogP contribution in [0, 0.1) is 17.5 Å². The summed E-state index contributed by atoms with van der Waals surface area (Å²) in [5.74, 6) is -6.40. The molecule has 0 heterocycles. The number of halogens is 3.